The molecule has 5 nitrogen and oxygen atoms in total. The average molecular weight is 246 g/mol. The molecule has 0 spiro atoms. The van der Waals surface area contributed by atoms with Gasteiger partial charge in [-0.25, -0.2) is 9.59 Å². The molecule has 0 aromatic carbocycles. The maximum atomic E-state index is 10.7. The van der Waals surface area contributed by atoms with Crippen molar-refractivity contribution in [2.45, 2.75) is 44.9 Å². The molecule has 2 rings (SSSR count). The SMILES string of the molecule is C1CC[SiH2]OC1.CC1OC(=O)C(C)OC1=O. The summed E-state index contributed by atoms with van der Waals surface area (Å²) in [5, 5.41) is 0. The first-order valence-electron chi connectivity index (χ1n) is 5.60. The molecule has 0 aromatic rings. The lowest BCUT2D eigenvalue weighted by molar-refractivity contribution is -0.191. The third-order valence-corrected chi connectivity index (χ3v) is 3.69. The van der Waals surface area contributed by atoms with E-state index in [1.165, 1.54) is 32.7 Å². The topological polar surface area (TPSA) is 61.8 Å². The maximum Gasteiger partial charge on any atom is 0.347 e. The van der Waals surface area contributed by atoms with Crippen LogP contribution < -0.4 is 0 Å². The summed E-state index contributed by atoms with van der Waals surface area (Å²) in [6.45, 7) is 4.02. The lowest BCUT2D eigenvalue weighted by Crippen LogP contribution is -2.40. The number of hydrogen-bond donors (Lipinski definition) is 0. The third-order valence-electron chi connectivity index (χ3n) is 2.33. The highest BCUT2D eigenvalue weighted by Crippen LogP contribution is 2.08. The van der Waals surface area contributed by atoms with Crippen molar-refractivity contribution in [1.82, 2.24) is 0 Å². The van der Waals surface area contributed by atoms with Crippen molar-refractivity contribution in [3.05, 3.63) is 0 Å². The number of hydrogen-bond acceptors (Lipinski definition) is 5. The quantitative estimate of drug-likeness (QED) is 0.450. The Morgan fingerprint density at radius 2 is 1.62 bits per heavy atom. The monoisotopic (exact) mass is 246 g/mol. The fraction of sp³-hybridized carbons (Fsp3) is 0.800. The summed E-state index contributed by atoms with van der Waals surface area (Å²) in [5.74, 6) is -0.959. The van der Waals surface area contributed by atoms with Crippen LogP contribution in [0.25, 0.3) is 0 Å². The van der Waals surface area contributed by atoms with Gasteiger partial charge in [-0.15, -0.1) is 0 Å². The second kappa shape index (κ2) is 6.65. The van der Waals surface area contributed by atoms with Crippen LogP contribution in [-0.2, 0) is 23.5 Å². The summed E-state index contributed by atoms with van der Waals surface area (Å²) < 4.78 is 14.4. The molecule has 2 aliphatic rings. The largest absolute Gasteiger partial charge is 0.448 e. The first-order chi connectivity index (χ1) is 7.61. The van der Waals surface area contributed by atoms with Crippen molar-refractivity contribution in [2.24, 2.45) is 0 Å². The predicted octanol–water partition coefficient (Wildman–Crippen LogP) is 0.162. The molecule has 0 bridgehead atoms. The molecule has 6 heteroatoms. The summed E-state index contributed by atoms with van der Waals surface area (Å²) >= 11 is 0. The van der Waals surface area contributed by atoms with E-state index in [1.807, 2.05) is 0 Å². The molecule has 2 unspecified atom stereocenters. The van der Waals surface area contributed by atoms with E-state index in [0.29, 0.717) is 0 Å². The standard InChI is InChI=1S/C6H8O4.C4H10OSi/c1-3-5(7)10-4(2)6(8)9-3;1-2-4-6-5-3-1/h3-4H,1-2H3;1-4,6H2. The van der Waals surface area contributed by atoms with Crippen molar-refractivity contribution in [3.8, 4) is 0 Å². The highest BCUT2D eigenvalue weighted by Gasteiger charge is 2.32. The van der Waals surface area contributed by atoms with Gasteiger partial charge in [-0.05, 0) is 26.3 Å². The highest BCUT2D eigenvalue weighted by molar-refractivity contribution is 6.27. The van der Waals surface area contributed by atoms with Gasteiger partial charge in [0, 0.05) is 6.61 Å². The molecule has 2 aliphatic heterocycles. The van der Waals surface area contributed by atoms with Crippen LogP contribution in [0.5, 0.6) is 0 Å². The Bertz CT molecular complexity index is 220. The van der Waals surface area contributed by atoms with E-state index in [1.54, 1.807) is 0 Å². The van der Waals surface area contributed by atoms with Crippen LogP contribution in [0, 0.1) is 0 Å². The van der Waals surface area contributed by atoms with Crippen LogP contribution in [0.15, 0.2) is 0 Å². The number of rotatable bonds is 0. The van der Waals surface area contributed by atoms with Crippen LogP contribution in [0.4, 0.5) is 0 Å². The van der Waals surface area contributed by atoms with Gasteiger partial charge in [0.2, 0.25) is 0 Å². The molecule has 0 aliphatic carbocycles. The summed E-state index contributed by atoms with van der Waals surface area (Å²) in [7, 11) is 0.00849. The van der Waals surface area contributed by atoms with Gasteiger partial charge in [0.25, 0.3) is 0 Å². The minimum absolute atomic E-state index is 0.00849. The zero-order chi connectivity index (χ0) is 12.0. The number of carbonyl (C=O) groups is 2. The lowest BCUT2D eigenvalue weighted by atomic mass is 10.3. The summed E-state index contributed by atoms with van der Waals surface area (Å²) in [6.07, 6.45) is 1.26. The van der Waals surface area contributed by atoms with Crippen molar-refractivity contribution in [3.63, 3.8) is 0 Å². The van der Waals surface area contributed by atoms with Crippen LogP contribution >= 0.6 is 0 Å². The second-order valence-electron chi connectivity index (χ2n) is 3.83. The zero-order valence-corrected chi connectivity index (χ0v) is 11.1. The molecular weight excluding hydrogens is 228 g/mol. The molecule has 0 N–H and O–H groups in total. The van der Waals surface area contributed by atoms with Gasteiger partial charge in [0.1, 0.15) is 0 Å². The zero-order valence-electron chi connectivity index (χ0n) is 9.73. The molecule has 2 fully saturated rings. The molecule has 2 saturated heterocycles. The molecule has 2 heterocycles. The average Bonchev–Trinajstić information content (AvgIpc) is 2.30. The second-order valence-corrected chi connectivity index (χ2v) is 5.35. The number of ether oxygens (including phenoxy) is 2. The fourth-order valence-corrected chi connectivity index (χ4v) is 2.49. The molecule has 0 aromatic heterocycles. The van der Waals surface area contributed by atoms with E-state index in [2.05, 4.69) is 9.47 Å². The Morgan fingerprint density at radius 1 is 1.06 bits per heavy atom. The first kappa shape index (κ1) is 13.2. The molecule has 92 valence electrons. The van der Waals surface area contributed by atoms with E-state index in [9.17, 15) is 9.59 Å². The third kappa shape index (κ3) is 4.32. The van der Waals surface area contributed by atoms with Gasteiger partial charge in [-0.3, -0.25) is 0 Å². The van der Waals surface area contributed by atoms with E-state index in [-0.39, 0.29) is 9.76 Å². The maximum absolute atomic E-state index is 10.7. The Morgan fingerprint density at radius 3 is 1.88 bits per heavy atom. The number of cyclic esters (lactones) is 2. The van der Waals surface area contributed by atoms with Gasteiger partial charge in [-0.1, -0.05) is 6.42 Å². The summed E-state index contributed by atoms with van der Waals surface area (Å²) in [4.78, 5) is 21.3. The number of esters is 2. The van der Waals surface area contributed by atoms with Gasteiger partial charge in [0.05, 0.1) is 0 Å². The number of carbonyl (C=O) groups excluding carboxylic acids is 2. The smallest absolute Gasteiger partial charge is 0.347 e. The van der Waals surface area contributed by atoms with Crippen LogP contribution in [0.2, 0.25) is 6.04 Å². The highest BCUT2D eigenvalue weighted by atomic mass is 28.2. The molecule has 2 atom stereocenters. The summed E-state index contributed by atoms with van der Waals surface area (Å²) in [6, 6.07) is 1.42. The van der Waals surface area contributed by atoms with Crippen molar-refractivity contribution in [1.29, 1.82) is 0 Å². The van der Waals surface area contributed by atoms with Crippen molar-refractivity contribution in [2.75, 3.05) is 6.61 Å². The minimum Gasteiger partial charge on any atom is -0.448 e. The van der Waals surface area contributed by atoms with Gasteiger partial charge in [-0.2, -0.15) is 0 Å². The first-order valence-corrected chi connectivity index (χ1v) is 7.17. The van der Waals surface area contributed by atoms with Crippen LogP contribution in [0.3, 0.4) is 0 Å². The van der Waals surface area contributed by atoms with E-state index >= 15 is 0 Å². The molecule has 0 radical (unpaired) electrons. The van der Waals surface area contributed by atoms with Crippen LogP contribution in [0.1, 0.15) is 26.7 Å². The Hall–Kier alpha value is -0.883. The fourth-order valence-electron chi connectivity index (χ4n) is 1.32. The molecule has 16 heavy (non-hydrogen) atoms. The predicted molar refractivity (Wildman–Crippen MR) is 59.6 cm³/mol. The Labute approximate surface area is 97.4 Å². The van der Waals surface area contributed by atoms with Gasteiger partial charge >= 0.3 is 11.9 Å². The van der Waals surface area contributed by atoms with Gasteiger partial charge < -0.3 is 13.9 Å². The molecule has 0 saturated carbocycles. The van der Waals surface area contributed by atoms with E-state index in [0.717, 1.165) is 6.61 Å². The van der Waals surface area contributed by atoms with E-state index in [4.69, 9.17) is 4.43 Å². The molecular formula is C10H18O5Si. The van der Waals surface area contributed by atoms with Crippen molar-refractivity contribution >= 4 is 21.7 Å². The van der Waals surface area contributed by atoms with Crippen molar-refractivity contribution < 1.29 is 23.5 Å². The minimum atomic E-state index is -0.747. The van der Waals surface area contributed by atoms with Gasteiger partial charge in [0.15, 0.2) is 22.0 Å². The molecule has 0 amide bonds. The summed E-state index contributed by atoms with van der Waals surface area (Å²) in [5.41, 5.74) is 0. The Kier molecular flexibility index (Phi) is 5.48. The van der Waals surface area contributed by atoms with E-state index < -0.39 is 24.1 Å². The van der Waals surface area contributed by atoms with Crippen LogP contribution in [-0.4, -0.2) is 40.5 Å². The Balaban J connectivity index is 0.000000181. The normalized spacial score (nSPS) is 31.1. The lowest BCUT2D eigenvalue weighted by Gasteiger charge is -2.22.